The molecule has 29 heavy (non-hydrogen) atoms. The molecule has 0 spiro atoms. The van der Waals surface area contributed by atoms with Crippen LogP contribution in [0.3, 0.4) is 0 Å². The van der Waals surface area contributed by atoms with E-state index in [2.05, 4.69) is 10.2 Å². The SMILES string of the molecule is C[C@@H](C(=O)NCCCN1CCOCC1)C1CCN(S(=O)(=O)c2ccc(Cl)s2)CC1. The number of amides is 1. The monoisotopic (exact) mass is 463 g/mol. The van der Waals surface area contributed by atoms with Crippen LogP contribution in [0, 0.1) is 11.8 Å². The molecule has 0 aromatic carbocycles. The van der Waals surface area contributed by atoms with Gasteiger partial charge in [0.15, 0.2) is 0 Å². The summed E-state index contributed by atoms with van der Waals surface area (Å²) in [6, 6.07) is 3.17. The zero-order valence-electron chi connectivity index (χ0n) is 16.8. The Morgan fingerprint density at radius 2 is 1.97 bits per heavy atom. The van der Waals surface area contributed by atoms with Gasteiger partial charge in [0.1, 0.15) is 4.21 Å². The first-order valence-corrected chi connectivity index (χ1v) is 12.8. The van der Waals surface area contributed by atoms with Gasteiger partial charge < -0.3 is 10.1 Å². The number of ether oxygens (including phenoxy) is 1. The molecule has 2 fully saturated rings. The fourth-order valence-corrected chi connectivity index (χ4v) is 7.00. The van der Waals surface area contributed by atoms with E-state index in [-0.39, 0.29) is 22.0 Å². The lowest BCUT2D eigenvalue weighted by molar-refractivity contribution is -0.126. The third-order valence-corrected chi connectivity index (χ3v) is 9.41. The highest BCUT2D eigenvalue weighted by atomic mass is 35.5. The Hall–Kier alpha value is -0.710. The van der Waals surface area contributed by atoms with Crippen LogP contribution in [-0.4, -0.2) is 76.0 Å². The van der Waals surface area contributed by atoms with Gasteiger partial charge in [-0.05, 0) is 43.9 Å². The van der Waals surface area contributed by atoms with E-state index in [1.54, 1.807) is 12.1 Å². The highest BCUT2D eigenvalue weighted by Crippen LogP contribution is 2.32. The molecule has 1 amide bonds. The van der Waals surface area contributed by atoms with Crippen LogP contribution in [0.15, 0.2) is 16.3 Å². The Morgan fingerprint density at radius 3 is 2.59 bits per heavy atom. The van der Waals surface area contributed by atoms with E-state index >= 15 is 0 Å². The number of hydrogen-bond donors (Lipinski definition) is 1. The molecule has 0 aliphatic carbocycles. The molecule has 1 atom stereocenters. The standard InChI is InChI=1S/C19H30ClN3O4S2/c1-15(19(24)21-7-2-8-22-11-13-27-14-12-22)16-5-9-23(10-6-16)29(25,26)18-4-3-17(20)28-18/h3-4,15-16H,2,5-14H2,1H3,(H,21,24)/t15-/m1/s1. The smallest absolute Gasteiger partial charge is 0.252 e. The molecule has 2 aliphatic rings. The van der Waals surface area contributed by atoms with Crippen molar-refractivity contribution in [2.24, 2.45) is 11.8 Å². The van der Waals surface area contributed by atoms with Gasteiger partial charge in [-0.3, -0.25) is 9.69 Å². The first-order valence-electron chi connectivity index (χ1n) is 10.2. The molecule has 3 rings (SSSR count). The number of halogens is 1. The van der Waals surface area contributed by atoms with Crippen molar-refractivity contribution < 1.29 is 17.9 Å². The zero-order chi connectivity index (χ0) is 20.9. The molecular formula is C19H30ClN3O4S2. The molecule has 0 unspecified atom stereocenters. The largest absolute Gasteiger partial charge is 0.379 e. The third kappa shape index (κ3) is 6.15. The van der Waals surface area contributed by atoms with Gasteiger partial charge in [-0.2, -0.15) is 4.31 Å². The number of morpholine rings is 1. The van der Waals surface area contributed by atoms with Crippen LogP contribution in [0.25, 0.3) is 0 Å². The highest BCUT2D eigenvalue weighted by Gasteiger charge is 2.34. The minimum atomic E-state index is -3.49. The van der Waals surface area contributed by atoms with Gasteiger partial charge >= 0.3 is 0 Å². The van der Waals surface area contributed by atoms with Gasteiger partial charge in [-0.1, -0.05) is 18.5 Å². The van der Waals surface area contributed by atoms with E-state index in [0.29, 0.717) is 36.8 Å². The lowest BCUT2D eigenvalue weighted by Crippen LogP contribution is -2.43. The van der Waals surface area contributed by atoms with Crippen LogP contribution in [0.2, 0.25) is 4.34 Å². The number of hydrogen-bond acceptors (Lipinski definition) is 6. The molecule has 3 heterocycles. The maximum absolute atomic E-state index is 12.7. The normalized spacial score (nSPS) is 21.2. The Kier molecular flexibility index (Phi) is 8.35. The highest BCUT2D eigenvalue weighted by molar-refractivity contribution is 7.91. The summed E-state index contributed by atoms with van der Waals surface area (Å²) in [7, 11) is -3.49. The van der Waals surface area contributed by atoms with Crippen LogP contribution < -0.4 is 5.32 Å². The lowest BCUT2D eigenvalue weighted by atomic mass is 9.85. The molecule has 1 aromatic heterocycles. The summed E-state index contributed by atoms with van der Waals surface area (Å²) >= 11 is 6.97. The van der Waals surface area contributed by atoms with Gasteiger partial charge in [0.2, 0.25) is 5.91 Å². The summed E-state index contributed by atoms with van der Waals surface area (Å²) in [6.07, 6.45) is 2.32. The van der Waals surface area contributed by atoms with E-state index in [1.807, 2.05) is 6.92 Å². The molecule has 2 aliphatic heterocycles. The molecule has 0 bridgehead atoms. The van der Waals surface area contributed by atoms with Gasteiger partial charge in [0.05, 0.1) is 17.6 Å². The average Bonchev–Trinajstić information content (AvgIpc) is 3.18. The first kappa shape index (κ1) is 23.0. The predicted molar refractivity (Wildman–Crippen MR) is 115 cm³/mol. The summed E-state index contributed by atoms with van der Waals surface area (Å²) < 4.78 is 33.0. The molecule has 1 N–H and O–H groups in total. The lowest BCUT2D eigenvalue weighted by Gasteiger charge is -2.33. The van der Waals surface area contributed by atoms with Gasteiger partial charge in [-0.15, -0.1) is 11.3 Å². The summed E-state index contributed by atoms with van der Waals surface area (Å²) in [6.45, 7) is 7.98. The predicted octanol–water partition coefficient (Wildman–Crippen LogP) is 2.28. The number of piperidine rings is 1. The maximum Gasteiger partial charge on any atom is 0.252 e. The minimum absolute atomic E-state index is 0.0679. The van der Waals surface area contributed by atoms with E-state index in [4.69, 9.17) is 16.3 Å². The number of thiophene rings is 1. The van der Waals surface area contributed by atoms with E-state index in [1.165, 1.54) is 4.31 Å². The van der Waals surface area contributed by atoms with Crippen molar-refractivity contribution in [2.45, 2.75) is 30.4 Å². The molecule has 0 radical (unpaired) electrons. The minimum Gasteiger partial charge on any atom is -0.379 e. The Morgan fingerprint density at radius 1 is 1.28 bits per heavy atom. The molecule has 7 nitrogen and oxygen atoms in total. The van der Waals surface area contributed by atoms with Crippen LogP contribution in [-0.2, 0) is 19.6 Å². The summed E-state index contributed by atoms with van der Waals surface area (Å²) in [5.41, 5.74) is 0. The van der Waals surface area contributed by atoms with E-state index < -0.39 is 10.0 Å². The first-order chi connectivity index (χ1) is 13.9. The van der Waals surface area contributed by atoms with E-state index in [9.17, 15) is 13.2 Å². The van der Waals surface area contributed by atoms with Crippen molar-refractivity contribution in [3.63, 3.8) is 0 Å². The van der Waals surface area contributed by atoms with Crippen molar-refractivity contribution in [2.75, 3.05) is 52.5 Å². The second-order valence-electron chi connectivity index (χ2n) is 7.69. The molecule has 0 saturated carbocycles. The third-order valence-electron chi connectivity index (χ3n) is 5.82. The Balaban J connectivity index is 1.39. The number of nitrogens with zero attached hydrogens (tertiary/aromatic N) is 2. The van der Waals surface area contributed by atoms with Gasteiger partial charge in [-0.25, -0.2) is 8.42 Å². The Labute approximate surface area is 182 Å². The second kappa shape index (κ2) is 10.5. The van der Waals surface area contributed by atoms with Crippen molar-refractivity contribution in [1.82, 2.24) is 14.5 Å². The molecule has 1 aromatic rings. The second-order valence-corrected chi connectivity index (χ2v) is 11.6. The number of carbonyl (C=O) groups is 1. The number of nitrogens with one attached hydrogen (secondary N) is 1. The van der Waals surface area contributed by atoms with Crippen molar-refractivity contribution in [3.05, 3.63) is 16.5 Å². The van der Waals surface area contributed by atoms with Gasteiger partial charge in [0.25, 0.3) is 10.0 Å². The van der Waals surface area contributed by atoms with Crippen LogP contribution in [0.1, 0.15) is 26.2 Å². The number of sulfonamides is 1. The van der Waals surface area contributed by atoms with Crippen LogP contribution in [0.4, 0.5) is 0 Å². The molecule has 164 valence electrons. The van der Waals surface area contributed by atoms with Crippen molar-refractivity contribution >= 4 is 38.9 Å². The van der Waals surface area contributed by atoms with Crippen LogP contribution in [0.5, 0.6) is 0 Å². The fraction of sp³-hybridized carbons (Fsp3) is 0.737. The van der Waals surface area contributed by atoms with Crippen LogP contribution >= 0.6 is 22.9 Å². The van der Waals surface area contributed by atoms with E-state index in [0.717, 1.165) is 50.6 Å². The fourth-order valence-electron chi connectivity index (χ4n) is 3.89. The summed E-state index contributed by atoms with van der Waals surface area (Å²) in [5, 5.41) is 3.05. The van der Waals surface area contributed by atoms with Gasteiger partial charge in [0, 0.05) is 38.6 Å². The average molecular weight is 464 g/mol. The van der Waals surface area contributed by atoms with Crippen molar-refractivity contribution in [1.29, 1.82) is 0 Å². The molecular weight excluding hydrogens is 434 g/mol. The number of carbonyl (C=O) groups excluding carboxylic acids is 1. The summed E-state index contributed by atoms with van der Waals surface area (Å²) in [5.74, 6) is 0.158. The molecule has 10 heteroatoms. The zero-order valence-corrected chi connectivity index (χ0v) is 19.2. The maximum atomic E-state index is 12.7. The summed E-state index contributed by atoms with van der Waals surface area (Å²) in [4.78, 5) is 14.9. The number of rotatable bonds is 8. The Bertz CT molecular complexity index is 772. The topological polar surface area (TPSA) is 79.0 Å². The quantitative estimate of drug-likeness (QED) is 0.598. The van der Waals surface area contributed by atoms with Crippen molar-refractivity contribution in [3.8, 4) is 0 Å². The molecule has 2 saturated heterocycles.